The molecule has 0 amide bonds. The van der Waals surface area contributed by atoms with Crippen molar-refractivity contribution in [3.8, 4) is 0 Å². The molecular weight excluding hydrogens is 338 g/mol. The molecule has 3 heterocycles. The highest BCUT2D eigenvalue weighted by atomic mass is 19.1. The van der Waals surface area contributed by atoms with Gasteiger partial charge in [-0.2, -0.15) is 0 Å². The summed E-state index contributed by atoms with van der Waals surface area (Å²) >= 11 is 0. The SMILES string of the molecule is Nc1ccc(F)c(C(=O)c2c[nH]c3ncc(CN4CCCC4)cc23)c1F. The number of rotatable bonds is 4. The first-order valence-corrected chi connectivity index (χ1v) is 8.51. The lowest BCUT2D eigenvalue weighted by molar-refractivity contribution is 0.103. The number of hydrogen-bond acceptors (Lipinski definition) is 4. The summed E-state index contributed by atoms with van der Waals surface area (Å²) < 4.78 is 28.3. The minimum Gasteiger partial charge on any atom is -0.396 e. The van der Waals surface area contributed by atoms with E-state index >= 15 is 0 Å². The highest BCUT2D eigenvalue weighted by Gasteiger charge is 2.24. The number of halogens is 2. The van der Waals surface area contributed by atoms with E-state index in [-0.39, 0.29) is 11.3 Å². The molecular formula is C19H18F2N4O. The van der Waals surface area contributed by atoms with E-state index in [0.717, 1.165) is 37.3 Å². The minimum atomic E-state index is -1.04. The van der Waals surface area contributed by atoms with Crippen molar-refractivity contribution in [1.29, 1.82) is 0 Å². The number of pyridine rings is 1. The summed E-state index contributed by atoms with van der Waals surface area (Å²) in [6.45, 7) is 2.82. The molecule has 5 nitrogen and oxygen atoms in total. The van der Waals surface area contributed by atoms with Crippen LogP contribution in [0.3, 0.4) is 0 Å². The van der Waals surface area contributed by atoms with Gasteiger partial charge in [0.25, 0.3) is 0 Å². The smallest absolute Gasteiger partial charge is 0.201 e. The predicted molar refractivity (Wildman–Crippen MR) is 94.8 cm³/mol. The van der Waals surface area contributed by atoms with Crippen LogP contribution in [0.2, 0.25) is 0 Å². The number of aromatic nitrogens is 2. The van der Waals surface area contributed by atoms with E-state index in [1.54, 1.807) is 6.20 Å². The molecule has 26 heavy (non-hydrogen) atoms. The van der Waals surface area contributed by atoms with Gasteiger partial charge in [0.05, 0.1) is 11.3 Å². The number of nitrogens with one attached hydrogen (secondary N) is 1. The summed E-state index contributed by atoms with van der Waals surface area (Å²) in [4.78, 5) is 22.3. The lowest BCUT2D eigenvalue weighted by Crippen LogP contribution is -2.18. The molecule has 1 saturated heterocycles. The van der Waals surface area contributed by atoms with Crippen LogP contribution in [0.15, 0.2) is 30.6 Å². The summed E-state index contributed by atoms with van der Waals surface area (Å²) in [6.07, 6.45) is 5.55. The van der Waals surface area contributed by atoms with E-state index < -0.39 is 23.0 Å². The summed E-state index contributed by atoms with van der Waals surface area (Å²) in [6, 6.07) is 3.95. The van der Waals surface area contributed by atoms with Gasteiger partial charge in [-0.15, -0.1) is 0 Å². The van der Waals surface area contributed by atoms with Gasteiger partial charge in [-0.05, 0) is 49.7 Å². The molecule has 4 rings (SSSR count). The molecule has 1 aliphatic rings. The van der Waals surface area contributed by atoms with Crippen LogP contribution >= 0.6 is 0 Å². The van der Waals surface area contributed by atoms with Crippen LogP contribution in [0.5, 0.6) is 0 Å². The van der Waals surface area contributed by atoms with E-state index in [4.69, 9.17) is 5.73 Å². The fraction of sp³-hybridized carbons (Fsp3) is 0.263. The number of nitrogens with zero attached hydrogens (tertiary/aromatic N) is 2. The van der Waals surface area contributed by atoms with Gasteiger partial charge in [0, 0.05) is 29.9 Å². The van der Waals surface area contributed by atoms with Gasteiger partial charge in [0.1, 0.15) is 11.5 Å². The van der Waals surface area contributed by atoms with Gasteiger partial charge in [-0.25, -0.2) is 13.8 Å². The van der Waals surface area contributed by atoms with Gasteiger partial charge < -0.3 is 10.7 Å². The number of fused-ring (bicyclic) bond motifs is 1. The number of aromatic amines is 1. The lowest BCUT2D eigenvalue weighted by atomic mass is 10.0. The van der Waals surface area contributed by atoms with Crippen LogP contribution in [0.25, 0.3) is 11.0 Å². The molecule has 2 aromatic heterocycles. The number of carbonyl (C=O) groups excluding carboxylic acids is 1. The Labute approximate surface area is 148 Å². The fourth-order valence-electron chi connectivity index (χ4n) is 3.43. The molecule has 134 valence electrons. The molecule has 1 aliphatic heterocycles. The second-order valence-electron chi connectivity index (χ2n) is 6.58. The van der Waals surface area contributed by atoms with Crippen molar-refractivity contribution >= 4 is 22.5 Å². The third-order valence-electron chi connectivity index (χ3n) is 4.79. The first-order valence-electron chi connectivity index (χ1n) is 8.51. The van der Waals surface area contributed by atoms with Gasteiger partial charge in [-0.3, -0.25) is 9.69 Å². The second kappa shape index (κ2) is 6.49. The molecule has 7 heteroatoms. The quantitative estimate of drug-likeness (QED) is 0.556. The number of likely N-dealkylation sites (tertiary alicyclic amines) is 1. The third kappa shape index (κ3) is 2.84. The van der Waals surface area contributed by atoms with E-state index in [1.165, 1.54) is 19.0 Å². The second-order valence-corrected chi connectivity index (χ2v) is 6.58. The molecule has 0 aliphatic carbocycles. The Balaban J connectivity index is 1.74. The number of carbonyl (C=O) groups is 1. The van der Waals surface area contributed by atoms with Crippen LogP contribution in [0, 0.1) is 11.6 Å². The Morgan fingerprint density at radius 1 is 1.27 bits per heavy atom. The number of ketones is 1. The van der Waals surface area contributed by atoms with Gasteiger partial charge >= 0.3 is 0 Å². The van der Waals surface area contributed by atoms with E-state index in [1.807, 2.05) is 6.07 Å². The van der Waals surface area contributed by atoms with Crippen molar-refractivity contribution in [1.82, 2.24) is 14.9 Å². The van der Waals surface area contributed by atoms with Crippen molar-refractivity contribution in [3.63, 3.8) is 0 Å². The number of nitrogens with two attached hydrogens (primary N) is 1. The first-order chi connectivity index (χ1) is 12.5. The molecule has 0 saturated carbocycles. The predicted octanol–water partition coefficient (Wildman–Crippen LogP) is 3.25. The van der Waals surface area contributed by atoms with Gasteiger partial charge in [0.2, 0.25) is 5.78 Å². The van der Waals surface area contributed by atoms with Crippen LogP contribution in [-0.4, -0.2) is 33.7 Å². The molecule has 3 aromatic rings. The van der Waals surface area contributed by atoms with Crippen LogP contribution in [0.1, 0.15) is 34.3 Å². The maximum atomic E-state index is 14.2. The highest BCUT2D eigenvalue weighted by Crippen LogP contribution is 2.26. The number of nitrogen functional groups attached to an aromatic ring is 1. The normalized spacial score (nSPS) is 15.0. The van der Waals surface area contributed by atoms with Gasteiger partial charge in [0.15, 0.2) is 5.82 Å². The Kier molecular flexibility index (Phi) is 4.16. The van der Waals surface area contributed by atoms with Crippen LogP contribution in [-0.2, 0) is 6.54 Å². The number of H-pyrrole nitrogens is 1. The maximum Gasteiger partial charge on any atom is 0.201 e. The zero-order valence-corrected chi connectivity index (χ0v) is 14.1. The molecule has 0 spiro atoms. The molecule has 1 aromatic carbocycles. The Morgan fingerprint density at radius 3 is 2.81 bits per heavy atom. The standard InChI is InChI=1S/C19H18F2N4O/c20-14-3-4-15(22)17(21)16(14)18(26)13-9-24-19-12(13)7-11(8-23-19)10-25-5-1-2-6-25/h3-4,7-9H,1-2,5-6,10,22H2,(H,23,24). The van der Waals surface area contributed by atoms with Crippen LogP contribution < -0.4 is 5.73 Å². The molecule has 0 atom stereocenters. The van der Waals surface area contributed by atoms with Gasteiger partial charge in [-0.1, -0.05) is 0 Å². The lowest BCUT2D eigenvalue weighted by Gasteiger charge is -2.14. The number of benzene rings is 1. The fourth-order valence-corrected chi connectivity index (χ4v) is 3.43. The molecule has 1 fully saturated rings. The number of hydrogen-bond donors (Lipinski definition) is 2. The first kappa shape index (κ1) is 16.7. The average Bonchev–Trinajstić information content (AvgIpc) is 3.28. The summed E-state index contributed by atoms with van der Waals surface area (Å²) in [5.74, 6) is -2.72. The zero-order valence-electron chi connectivity index (χ0n) is 14.1. The van der Waals surface area contributed by atoms with Crippen molar-refractivity contribution in [2.75, 3.05) is 18.8 Å². The zero-order chi connectivity index (χ0) is 18.3. The van der Waals surface area contributed by atoms with Crippen molar-refractivity contribution in [2.45, 2.75) is 19.4 Å². The maximum absolute atomic E-state index is 14.2. The van der Waals surface area contributed by atoms with E-state index in [0.29, 0.717) is 11.0 Å². The Bertz CT molecular complexity index is 993. The molecule has 0 unspecified atom stereocenters. The molecule has 0 bridgehead atoms. The van der Waals surface area contributed by atoms with Crippen molar-refractivity contribution in [3.05, 3.63) is 58.9 Å². The summed E-state index contributed by atoms with van der Waals surface area (Å²) in [5, 5.41) is 0.549. The largest absolute Gasteiger partial charge is 0.396 e. The Morgan fingerprint density at radius 2 is 2.04 bits per heavy atom. The Hall–Kier alpha value is -2.80. The van der Waals surface area contributed by atoms with Crippen molar-refractivity contribution in [2.24, 2.45) is 0 Å². The van der Waals surface area contributed by atoms with E-state index in [9.17, 15) is 13.6 Å². The monoisotopic (exact) mass is 356 g/mol. The van der Waals surface area contributed by atoms with E-state index in [2.05, 4.69) is 14.9 Å². The van der Waals surface area contributed by atoms with Crippen molar-refractivity contribution < 1.29 is 13.6 Å². The molecule has 0 radical (unpaired) electrons. The number of anilines is 1. The minimum absolute atomic E-state index is 0.180. The summed E-state index contributed by atoms with van der Waals surface area (Å²) in [7, 11) is 0. The van der Waals surface area contributed by atoms with Crippen LogP contribution in [0.4, 0.5) is 14.5 Å². The topological polar surface area (TPSA) is 75.0 Å². The molecule has 3 N–H and O–H groups in total. The highest BCUT2D eigenvalue weighted by molar-refractivity contribution is 6.16. The average molecular weight is 356 g/mol. The summed E-state index contributed by atoms with van der Waals surface area (Å²) in [5.41, 5.74) is 6.23. The third-order valence-corrected chi connectivity index (χ3v) is 4.79.